The molecule has 0 saturated carbocycles. The van der Waals surface area contributed by atoms with Crippen molar-refractivity contribution in [3.8, 4) is 11.5 Å². The molecule has 2 aromatic carbocycles. The van der Waals surface area contributed by atoms with E-state index in [2.05, 4.69) is 10.6 Å². The maximum Gasteiger partial charge on any atom is 0.257 e. The number of likely N-dealkylation sites (N-methyl/N-ethyl adjacent to an activating group) is 1. The number of benzene rings is 2. The van der Waals surface area contributed by atoms with Gasteiger partial charge in [0.1, 0.15) is 6.61 Å². The summed E-state index contributed by atoms with van der Waals surface area (Å²) in [6.45, 7) is 5.92. The van der Waals surface area contributed by atoms with Crippen molar-refractivity contribution >= 4 is 18.3 Å². The fourth-order valence-electron chi connectivity index (χ4n) is 2.31. The minimum atomic E-state index is -0.150. The Morgan fingerprint density at radius 2 is 1.62 bits per heavy atom. The number of hydrogen-bond donors (Lipinski definition) is 2. The van der Waals surface area contributed by atoms with Crippen molar-refractivity contribution in [1.82, 2.24) is 10.6 Å². The highest BCUT2D eigenvalue weighted by molar-refractivity contribution is 5.85. The summed E-state index contributed by atoms with van der Waals surface area (Å²) in [6, 6.07) is 17.5. The van der Waals surface area contributed by atoms with Gasteiger partial charge < -0.3 is 20.1 Å². The van der Waals surface area contributed by atoms with E-state index in [4.69, 9.17) is 9.47 Å². The third kappa shape index (κ3) is 7.76. The van der Waals surface area contributed by atoms with Gasteiger partial charge in [0.15, 0.2) is 18.1 Å². The van der Waals surface area contributed by atoms with Crippen molar-refractivity contribution in [2.75, 3.05) is 19.7 Å². The van der Waals surface area contributed by atoms with Crippen molar-refractivity contribution < 1.29 is 14.3 Å². The molecule has 142 valence electrons. The van der Waals surface area contributed by atoms with Gasteiger partial charge in [-0.25, -0.2) is 0 Å². The van der Waals surface area contributed by atoms with Gasteiger partial charge in [-0.3, -0.25) is 4.79 Å². The van der Waals surface area contributed by atoms with Crippen molar-refractivity contribution in [3.05, 3.63) is 60.2 Å². The fraction of sp³-hybridized carbons (Fsp3) is 0.350. The molecular weight excluding hydrogens is 352 g/mol. The summed E-state index contributed by atoms with van der Waals surface area (Å²) in [5, 5.41) is 6.09. The van der Waals surface area contributed by atoms with E-state index >= 15 is 0 Å². The first-order chi connectivity index (χ1) is 12.2. The van der Waals surface area contributed by atoms with Gasteiger partial charge in [-0.05, 0) is 31.2 Å². The molecule has 26 heavy (non-hydrogen) atoms. The molecule has 0 fully saturated rings. The summed E-state index contributed by atoms with van der Waals surface area (Å²) >= 11 is 0. The Morgan fingerprint density at radius 1 is 1.00 bits per heavy atom. The molecule has 2 rings (SSSR count). The van der Waals surface area contributed by atoms with Gasteiger partial charge in [-0.2, -0.15) is 0 Å². The van der Waals surface area contributed by atoms with Crippen molar-refractivity contribution in [2.24, 2.45) is 0 Å². The highest BCUT2D eigenvalue weighted by atomic mass is 35.5. The molecule has 0 bridgehead atoms. The summed E-state index contributed by atoms with van der Waals surface area (Å²) in [7, 11) is 0. The number of amides is 1. The Labute approximate surface area is 161 Å². The van der Waals surface area contributed by atoms with Crippen LogP contribution in [0.25, 0.3) is 0 Å². The Kier molecular flexibility index (Phi) is 10.2. The van der Waals surface area contributed by atoms with E-state index in [1.807, 2.05) is 62.4 Å². The first kappa shape index (κ1) is 21.8. The predicted molar refractivity (Wildman–Crippen MR) is 106 cm³/mol. The van der Waals surface area contributed by atoms with Crippen molar-refractivity contribution in [2.45, 2.75) is 26.5 Å². The quantitative estimate of drug-likeness (QED) is 0.666. The van der Waals surface area contributed by atoms with Gasteiger partial charge in [-0.1, -0.05) is 49.4 Å². The summed E-state index contributed by atoms with van der Waals surface area (Å²) in [4.78, 5) is 11.9. The molecule has 0 aliphatic rings. The predicted octanol–water partition coefficient (Wildman–Crippen LogP) is 3.18. The monoisotopic (exact) mass is 378 g/mol. The molecule has 0 radical (unpaired) electrons. The highest BCUT2D eigenvalue weighted by Crippen LogP contribution is 2.27. The number of carbonyl (C=O) groups excluding carboxylic acids is 1. The Balaban J connectivity index is 0.00000338. The third-order valence-electron chi connectivity index (χ3n) is 3.60. The lowest BCUT2D eigenvalue weighted by atomic mass is 10.2. The van der Waals surface area contributed by atoms with E-state index in [-0.39, 0.29) is 31.0 Å². The number of hydrogen-bond acceptors (Lipinski definition) is 4. The first-order valence-corrected chi connectivity index (χ1v) is 8.57. The topological polar surface area (TPSA) is 59.6 Å². The molecule has 0 heterocycles. The van der Waals surface area contributed by atoms with Crippen molar-refractivity contribution in [1.29, 1.82) is 0 Å². The summed E-state index contributed by atoms with van der Waals surface area (Å²) in [6.07, 6.45) is 0. The number of nitrogens with one attached hydrogen (secondary N) is 2. The number of para-hydroxylation sites is 2. The Morgan fingerprint density at radius 3 is 2.27 bits per heavy atom. The van der Waals surface area contributed by atoms with Gasteiger partial charge in [-0.15, -0.1) is 12.4 Å². The lowest BCUT2D eigenvalue weighted by Gasteiger charge is -2.15. The van der Waals surface area contributed by atoms with Crippen LogP contribution >= 0.6 is 12.4 Å². The Hall–Kier alpha value is -2.24. The summed E-state index contributed by atoms with van der Waals surface area (Å²) < 4.78 is 11.4. The van der Waals surface area contributed by atoms with Crippen LogP contribution in [0.1, 0.15) is 19.4 Å². The molecule has 1 amide bonds. The lowest BCUT2D eigenvalue weighted by Crippen LogP contribution is -2.40. The van der Waals surface area contributed by atoms with Gasteiger partial charge in [0.2, 0.25) is 0 Å². The van der Waals surface area contributed by atoms with Gasteiger partial charge in [0, 0.05) is 12.6 Å². The number of halogens is 1. The first-order valence-electron chi connectivity index (χ1n) is 8.57. The van der Waals surface area contributed by atoms with Crippen LogP contribution < -0.4 is 20.1 Å². The molecule has 0 spiro atoms. The number of ether oxygens (including phenoxy) is 2. The molecule has 2 N–H and O–H groups in total. The zero-order valence-electron chi connectivity index (χ0n) is 15.2. The van der Waals surface area contributed by atoms with E-state index < -0.39 is 0 Å². The molecule has 0 saturated heterocycles. The zero-order valence-corrected chi connectivity index (χ0v) is 16.1. The molecule has 6 heteroatoms. The molecule has 0 unspecified atom stereocenters. The van der Waals surface area contributed by atoms with Gasteiger partial charge >= 0.3 is 0 Å². The van der Waals surface area contributed by atoms with Crippen LogP contribution in [-0.2, 0) is 11.4 Å². The minimum Gasteiger partial charge on any atom is -0.485 e. The van der Waals surface area contributed by atoms with Crippen LogP contribution in [0.2, 0.25) is 0 Å². The van der Waals surface area contributed by atoms with Crippen LogP contribution in [0.3, 0.4) is 0 Å². The van der Waals surface area contributed by atoms with Gasteiger partial charge in [0.05, 0.1) is 0 Å². The molecule has 0 aliphatic carbocycles. The number of carbonyl (C=O) groups is 1. The van der Waals surface area contributed by atoms with E-state index in [9.17, 15) is 4.79 Å². The molecule has 0 aliphatic heterocycles. The smallest absolute Gasteiger partial charge is 0.257 e. The highest BCUT2D eigenvalue weighted by Gasteiger charge is 2.09. The molecular formula is C20H27ClN2O3. The van der Waals surface area contributed by atoms with E-state index in [0.717, 1.165) is 12.1 Å². The maximum absolute atomic E-state index is 11.9. The zero-order chi connectivity index (χ0) is 17.9. The standard InChI is InChI=1S/C20H26N2O3.ClH/c1-3-21-16(2)13-22-20(23)15-25-19-12-8-7-11-18(19)24-14-17-9-5-4-6-10-17;/h4-12,16,21H,3,13-15H2,1-2H3,(H,22,23);1H/t16-;/m1./s1. The van der Waals surface area contributed by atoms with Crippen molar-refractivity contribution in [3.63, 3.8) is 0 Å². The average Bonchev–Trinajstić information content (AvgIpc) is 2.65. The molecule has 0 aromatic heterocycles. The summed E-state index contributed by atoms with van der Waals surface area (Å²) in [5.41, 5.74) is 1.08. The minimum absolute atomic E-state index is 0. The second-order valence-corrected chi connectivity index (χ2v) is 5.77. The van der Waals surface area contributed by atoms with Crippen LogP contribution in [0, 0.1) is 0 Å². The van der Waals surface area contributed by atoms with Crippen LogP contribution in [0.5, 0.6) is 11.5 Å². The Bertz CT molecular complexity index is 653. The molecule has 2 aromatic rings. The average molecular weight is 379 g/mol. The van der Waals surface area contributed by atoms with Gasteiger partial charge in [0.25, 0.3) is 5.91 Å². The van der Waals surface area contributed by atoms with E-state index in [0.29, 0.717) is 24.7 Å². The van der Waals surface area contributed by atoms with Crippen LogP contribution in [0.4, 0.5) is 0 Å². The lowest BCUT2D eigenvalue weighted by molar-refractivity contribution is -0.123. The largest absolute Gasteiger partial charge is 0.485 e. The SMILES string of the molecule is CCN[C@H](C)CNC(=O)COc1ccccc1OCc1ccccc1.Cl. The normalized spacial score (nSPS) is 11.2. The summed E-state index contributed by atoms with van der Waals surface area (Å²) in [5.74, 6) is 1.04. The van der Waals surface area contributed by atoms with Crippen LogP contribution in [-0.4, -0.2) is 31.6 Å². The second-order valence-electron chi connectivity index (χ2n) is 5.77. The van der Waals surface area contributed by atoms with E-state index in [1.165, 1.54) is 0 Å². The van der Waals surface area contributed by atoms with E-state index in [1.54, 1.807) is 6.07 Å². The number of rotatable bonds is 10. The molecule has 1 atom stereocenters. The maximum atomic E-state index is 11.9. The molecule has 5 nitrogen and oxygen atoms in total. The second kappa shape index (κ2) is 12.2. The van der Waals surface area contributed by atoms with Crippen LogP contribution in [0.15, 0.2) is 54.6 Å². The third-order valence-corrected chi connectivity index (χ3v) is 3.60. The fourth-order valence-corrected chi connectivity index (χ4v) is 2.31.